The summed E-state index contributed by atoms with van der Waals surface area (Å²) >= 11 is 0. The maximum atomic E-state index is 13.0. The van der Waals surface area contributed by atoms with Crippen molar-refractivity contribution in [1.29, 1.82) is 0 Å². The van der Waals surface area contributed by atoms with Crippen molar-refractivity contribution in [1.82, 2.24) is 4.31 Å². The molecule has 0 saturated carbocycles. The summed E-state index contributed by atoms with van der Waals surface area (Å²) in [6.07, 6.45) is 1.13. The van der Waals surface area contributed by atoms with Gasteiger partial charge in [0.05, 0.1) is 6.26 Å². The van der Waals surface area contributed by atoms with Gasteiger partial charge in [-0.1, -0.05) is 29.8 Å². The van der Waals surface area contributed by atoms with Gasteiger partial charge in [0.2, 0.25) is 15.9 Å². The number of carbonyl (C=O) groups is 1. The summed E-state index contributed by atoms with van der Waals surface area (Å²) < 4.78 is 38.2. The lowest BCUT2D eigenvalue weighted by atomic mass is 10.1. The van der Waals surface area contributed by atoms with E-state index in [1.165, 1.54) is 28.6 Å². The summed E-state index contributed by atoms with van der Waals surface area (Å²) in [6, 6.07) is 11.3. The molecule has 0 aliphatic carbocycles. The van der Waals surface area contributed by atoms with Gasteiger partial charge in [-0.05, 0) is 43.2 Å². The highest BCUT2D eigenvalue weighted by molar-refractivity contribution is 7.88. The molecule has 0 aliphatic rings. The second-order valence-corrected chi connectivity index (χ2v) is 8.32. The summed E-state index contributed by atoms with van der Waals surface area (Å²) in [6.45, 7) is 4.01. The van der Waals surface area contributed by atoms with Crippen molar-refractivity contribution in [2.24, 2.45) is 0 Å². The number of carbonyl (C=O) groups excluding carboxylic acids is 1. The van der Waals surface area contributed by atoms with Crippen LogP contribution < -0.4 is 5.32 Å². The van der Waals surface area contributed by atoms with E-state index in [1.807, 2.05) is 32.0 Å². The van der Waals surface area contributed by atoms with Crippen LogP contribution in [0.15, 0.2) is 42.5 Å². The molecule has 1 amide bonds. The number of aryl methyl sites for hydroxylation is 2. The van der Waals surface area contributed by atoms with Crippen molar-refractivity contribution in [3.8, 4) is 0 Å². The molecule has 2 rings (SSSR count). The topological polar surface area (TPSA) is 66.5 Å². The highest BCUT2D eigenvalue weighted by Gasteiger charge is 2.18. The first-order chi connectivity index (χ1) is 12.1. The van der Waals surface area contributed by atoms with E-state index in [4.69, 9.17) is 0 Å². The normalized spacial score (nSPS) is 11.6. The number of sulfonamides is 1. The van der Waals surface area contributed by atoms with Crippen LogP contribution in [0.2, 0.25) is 0 Å². The van der Waals surface area contributed by atoms with Crippen LogP contribution in [0.4, 0.5) is 10.1 Å². The quantitative estimate of drug-likeness (QED) is 0.804. The molecule has 2 aromatic carbocycles. The molecule has 26 heavy (non-hydrogen) atoms. The van der Waals surface area contributed by atoms with Gasteiger partial charge >= 0.3 is 0 Å². The molecule has 0 atom stereocenters. The summed E-state index contributed by atoms with van der Waals surface area (Å²) in [5, 5.41) is 2.81. The Bertz CT molecular complexity index is 880. The third-order valence-electron chi connectivity index (χ3n) is 3.99. The minimum atomic E-state index is -3.50. The van der Waals surface area contributed by atoms with E-state index in [0.29, 0.717) is 11.3 Å². The van der Waals surface area contributed by atoms with E-state index in [1.54, 1.807) is 0 Å². The lowest BCUT2D eigenvalue weighted by molar-refractivity contribution is -0.116. The van der Waals surface area contributed by atoms with E-state index in [-0.39, 0.29) is 31.2 Å². The molecule has 5 nitrogen and oxygen atoms in total. The van der Waals surface area contributed by atoms with Crippen molar-refractivity contribution < 1.29 is 17.6 Å². The van der Waals surface area contributed by atoms with Gasteiger partial charge in [0.1, 0.15) is 5.82 Å². The molecule has 0 bridgehead atoms. The predicted octanol–water partition coefficient (Wildman–Crippen LogP) is 3.23. The lowest BCUT2D eigenvalue weighted by Gasteiger charge is -2.20. The van der Waals surface area contributed by atoms with E-state index in [9.17, 15) is 17.6 Å². The Morgan fingerprint density at radius 3 is 2.35 bits per heavy atom. The maximum Gasteiger partial charge on any atom is 0.225 e. The van der Waals surface area contributed by atoms with Gasteiger partial charge in [0.25, 0.3) is 0 Å². The zero-order valence-electron chi connectivity index (χ0n) is 15.1. The zero-order valence-corrected chi connectivity index (χ0v) is 15.9. The van der Waals surface area contributed by atoms with Crippen LogP contribution in [-0.4, -0.2) is 31.4 Å². The summed E-state index contributed by atoms with van der Waals surface area (Å²) in [5.41, 5.74) is 3.42. The van der Waals surface area contributed by atoms with Gasteiger partial charge in [-0.3, -0.25) is 4.79 Å². The molecule has 0 radical (unpaired) electrons. The Morgan fingerprint density at radius 2 is 1.77 bits per heavy atom. The minimum Gasteiger partial charge on any atom is -0.326 e. The number of hydrogen-bond donors (Lipinski definition) is 1. The van der Waals surface area contributed by atoms with Crippen molar-refractivity contribution in [3.05, 3.63) is 65.0 Å². The van der Waals surface area contributed by atoms with Crippen LogP contribution >= 0.6 is 0 Å². The van der Waals surface area contributed by atoms with Crippen molar-refractivity contribution >= 4 is 21.6 Å². The molecule has 0 saturated heterocycles. The maximum absolute atomic E-state index is 13.0. The van der Waals surface area contributed by atoms with Crippen LogP contribution in [0.25, 0.3) is 0 Å². The van der Waals surface area contributed by atoms with Gasteiger partial charge in [0.15, 0.2) is 0 Å². The molecule has 1 N–H and O–H groups in total. The number of nitrogens with zero attached hydrogens (tertiary/aromatic N) is 1. The number of halogens is 1. The number of amides is 1. The van der Waals surface area contributed by atoms with Crippen LogP contribution in [-0.2, 0) is 21.4 Å². The minimum absolute atomic E-state index is 0.0293. The fraction of sp³-hybridized carbons (Fsp3) is 0.316. The zero-order chi connectivity index (χ0) is 19.3. The predicted molar refractivity (Wildman–Crippen MR) is 101 cm³/mol. The smallest absolute Gasteiger partial charge is 0.225 e. The molecule has 0 heterocycles. The molecule has 0 aliphatic heterocycles. The van der Waals surface area contributed by atoms with Gasteiger partial charge in [-0.2, -0.15) is 4.31 Å². The van der Waals surface area contributed by atoms with Crippen LogP contribution in [0.5, 0.6) is 0 Å². The first-order valence-electron chi connectivity index (χ1n) is 8.22. The number of hydrogen-bond acceptors (Lipinski definition) is 3. The Hall–Kier alpha value is -2.25. The van der Waals surface area contributed by atoms with Gasteiger partial charge in [0, 0.05) is 25.2 Å². The Balaban J connectivity index is 2.00. The third-order valence-corrected chi connectivity index (χ3v) is 5.24. The summed E-state index contributed by atoms with van der Waals surface area (Å²) in [4.78, 5) is 12.2. The lowest BCUT2D eigenvalue weighted by Crippen LogP contribution is -2.32. The van der Waals surface area contributed by atoms with Gasteiger partial charge in [-0.25, -0.2) is 12.8 Å². The fourth-order valence-electron chi connectivity index (χ4n) is 2.55. The SMILES string of the molecule is Cc1ccc(NC(=O)CCN(Cc2ccc(F)cc2)S(C)(=O)=O)c(C)c1. The average Bonchev–Trinajstić information content (AvgIpc) is 2.54. The third kappa shape index (κ3) is 5.93. The fourth-order valence-corrected chi connectivity index (χ4v) is 3.35. The molecule has 0 unspecified atom stereocenters. The van der Waals surface area contributed by atoms with Crippen LogP contribution in [0, 0.1) is 19.7 Å². The molecule has 2 aromatic rings. The van der Waals surface area contributed by atoms with E-state index in [2.05, 4.69) is 5.32 Å². The van der Waals surface area contributed by atoms with Crippen LogP contribution in [0.3, 0.4) is 0 Å². The highest BCUT2D eigenvalue weighted by atomic mass is 32.2. The highest BCUT2D eigenvalue weighted by Crippen LogP contribution is 2.16. The number of anilines is 1. The molecule has 140 valence electrons. The number of rotatable bonds is 7. The van der Waals surface area contributed by atoms with E-state index in [0.717, 1.165) is 17.4 Å². The summed E-state index contributed by atoms with van der Waals surface area (Å²) in [7, 11) is -3.50. The molecule has 0 fully saturated rings. The molecule has 0 aromatic heterocycles. The standard InChI is InChI=1S/C19H23FN2O3S/c1-14-4-9-18(15(2)12-14)21-19(23)10-11-22(26(3,24)25)13-16-5-7-17(20)8-6-16/h4-9,12H,10-11,13H2,1-3H3,(H,21,23). The second kappa shape index (κ2) is 8.42. The van der Waals surface area contributed by atoms with Gasteiger partial charge in [-0.15, -0.1) is 0 Å². The Labute approximate surface area is 153 Å². The molecule has 7 heteroatoms. The van der Waals surface area contributed by atoms with Crippen molar-refractivity contribution in [2.75, 3.05) is 18.1 Å². The van der Waals surface area contributed by atoms with E-state index < -0.39 is 10.0 Å². The average molecular weight is 378 g/mol. The monoisotopic (exact) mass is 378 g/mol. The van der Waals surface area contributed by atoms with Gasteiger partial charge < -0.3 is 5.32 Å². The molecule has 0 spiro atoms. The Morgan fingerprint density at radius 1 is 1.12 bits per heavy atom. The first kappa shape index (κ1) is 20.1. The molecular weight excluding hydrogens is 355 g/mol. The summed E-state index contributed by atoms with van der Waals surface area (Å²) in [5.74, 6) is -0.641. The second-order valence-electron chi connectivity index (χ2n) is 6.34. The largest absolute Gasteiger partial charge is 0.326 e. The Kier molecular flexibility index (Phi) is 6.50. The molecular formula is C19H23FN2O3S. The van der Waals surface area contributed by atoms with E-state index >= 15 is 0 Å². The first-order valence-corrected chi connectivity index (χ1v) is 10.1. The van der Waals surface area contributed by atoms with Crippen molar-refractivity contribution in [2.45, 2.75) is 26.8 Å². The number of benzene rings is 2. The van der Waals surface area contributed by atoms with Crippen molar-refractivity contribution in [3.63, 3.8) is 0 Å². The number of nitrogens with one attached hydrogen (secondary N) is 1. The van der Waals surface area contributed by atoms with Crippen LogP contribution in [0.1, 0.15) is 23.1 Å².